The molecule has 4 aliphatic rings. The number of ketones is 2. The van der Waals surface area contributed by atoms with Gasteiger partial charge in [-0.2, -0.15) is 0 Å². The van der Waals surface area contributed by atoms with Crippen LogP contribution in [0.3, 0.4) is 0 Å². The third-order valence-corrected chi connectivity index (χ3v) is 7.99. The molecule has 3 aliphatic carbocycles. The van der Waals surface area contributed by atoms with Gasteiger partial charge in [0, 0.05) is 42.4 Å². The number of halogens is 1. The second-order valence-corrected chi connectivity index (χ2v) is 9.58. The number of carbonyl (C=O) groups is 4. The minimum Gasteiger partial charge on any atom is -0.460 e. The van der Waals surface area contributed by atoms with Crippen LogP contribution in [0.2, 0.25) is 0 Å². The number of esters is 2. The van der Waals surface area contributed by atoms with Gasteiger partial charge in [-0.3, -0.25) is 14.4 Å². The summed E-state index contributed by atoms with van der Waals surface area (Å²) in [6, 6.07) is 0. The molecule has 0 aromatic carbocycles. The van der Waals surface area contributed by atoms with Gasteiger partial charge in [-0.25, -0.2) is 4.79 Å². The first-order valence-corrected chi connectivity index (χ1v) is 11.1. The average molecular weight is 463 g/mol. The number of allylic oxidation sites excluding steroid dienone is 1. The number of methoxy groups -OCH3 is 1. The molecule has 170 valence electrons. The molecule has 5 atom stereocenters. The van der Waals surface area contributed by atoms with Crippen LogP contribution in [-0.2, 0) is 29.2 Å². The first-order valence-electron chi connectivity index (χ1n) is 10.6. The molecule has 9 heteroatoms. The van der Waals surface area contributed by atoms with Crippen LogP contribution in [0.15, 0.2) is 21.8 Å². The minimum atomic E-state index is -1.03. The van der Waals surface area contributed by atoms with E-state index in [4.69, 9.17) is 30.2 Å². The standard InChI is InChI=1S/C23H23ClO8/c1-22-6-12(31-15(26)7-24)18-16(11(22)4-5-13(22)25)19(27)20-17-10(8-30-20)21(28)32-14(9-29-3)23(17,18)2/h8,11-12,14H,4-7,9H2,1-3H3/t11-,12+,14+,22-,23-/m0/s1. The zero-order valence-corrected chi connectivity index (χ0v) is 18.7. The number of hydrogen-bond donors (Lipinski definition) is 0. The summed E-state index contributed by atoms with van der Waals surface area (Å²) in [5.41, 5.74) is -0.297. The third-order valence-electron chi connectivity index (χ3n) is 7.77. The monoisotopic (exact) mass is 462 g/mol. The van der Waals surface area contributed by atoms with E-state index in [0.717, 1.165) is 0 Å². The molecule has 32 heavy (non-hydrogen) atoms. The molecule has 1 aromatic heterocycles. The summed E-state index contributed by atoms with van der Waals surface area (Å²) in [6.45, 7) is 3.74. The van der Waals surface area contributed by atoms with Crippen molar-refractivity contribution in [2.75, 3.05) is 19.6 Å². The van der Waals surface area contributed by atoms with Crippen LogP contribution in [0.1, 0.15) is 59.6 Å². The molecule has 0 unspecified atom stereocenters. The second kappa shape index (κ2) is 7.02. The van der Waals surface area contributed by atoms with Gasteiger partial charge >= 0.3 is 11.9 Å². The van der Waals surface area contributed by atoms with Gasteiger partial charge < -0.3 is 18.6 Å². The van der Waals surface area contributed by atoms with Crippen molar-refractivity contribution in [1.82, 2.24) is 0 Å². The van der Waals surface area contributed by atoms with Crippen molar-refractivity contribution in [3.8, 4) is 0 Å². The van der Waals surface area contributed by atoms with Crippen molar-refractivity contribution in [3.05, 3.63) is 34.3 Å². The molecule has 8 nitrogen and oxygen atoms in total. The summed E-state index contributed by atoms with van der Waals surface area (Å²) < 4.78 is 22.4. The van der Waals surface area contributed by atoms with E-state index in [1.54, 1.807) is 0 Å². The summed E-state index contributed by atoms with van der Waals surface area (Å²) in [7, 11) is 1.49. The SMILES string of the molecule is COC[C@H]1OC(=O)c2coc3c2[C@@]1(C)C1=C(C3=O)[C@@H]2CCC(=O)[C@@]2(C)C[C@H]1OC(=O)CCl. The predicted octanol–water partition coefficient (Wildman–Crippen LogP) is 2.76. The van der Waals surface area contributed by atoms with Gasteiger partial charge in [-0.15, -0.1) is 11.6 Å². The van der Waals surface area contributed by atoms with Crippen molar-refractivity contribution in [3.63, 3.8) is 0 Å². The van der Waals surface area contributed by atoms with Gasteiger partial charge in [0.15, 0.2) is 5.76 Å². The molecule has 0 saturated heterocycles. The topological polar surface area (TPSA) is 109 Å². The van der Waals surface area contributed by atoms with Crippen molar-refractivity contribution < 1.29 is 37.8 Å². The molecule has 0 N–H and O–H groups in total. The molecular weight excluding hydrogens is 440 g/mol. The molecule has 0 bridgehead atoms. The lowest BCUT2D eigenvalue weighted by Gasteiger charge is -2.51. The van der Waals surface area contributed by atoms with E-state index in [1.807, 2.05) is 13.8 Å². The molecule has 2 heterocycles. The average Bonchev–Trinajstić information content (AvgIpc) is 3.33. The number of furan rings is 1. The number of cyclic esters (lactones) is 1. The lowest BCUT2D eigenvalue weighted by Crippen LogP contribution is -2.57. The van der Waals surface area contributed by atoms with Crippen LogP contribution >= 0.6 is 11.6 Å². The predicted molar refractivity (Wildman–Crippen MR) is 110 cm³/mol. The van der Waals surface area contributed by atoms with Gasteiger partial charge in [-0.1, -0.05) is 6.92 Å². The lowest BCUT2D eigenvalue weighted by molar-refractivity contribution is -0.149. The Hall–Kier alpha value is -2.45. The molecule has 0 spiro atoms. The first kappa shape index (κ1) is 21.4. The Morgan fingerprint density at radius 2 is 2.03 bits per heavy atom. The molecule has 1 aromatic rings. The number of ether oxygens (including phenoxy) is 3. The summed E-state index contributed by atoms with van der Waals surface area (Å²) in [6.07, 6.45) is 0.677. The molecule has 0 amide bonds. The van der Waals surface area contributed by atoms with E-state index in [2.05, 4.69) is 0 Å². The zero-order valence-electron chi connectivity index (χ0n) is 18.0. The fraction of sp³-hybridized carbons (Fsp3) is 0.565. The fourth-order valence-corrected chi connectivity index (χ4v) is 6.33. The van der Waals surface area contributed by atoms with E-state index in [1.165, 1.54) is 13.4 Å². The zero-order chi connectivity index (χ0) is 23.0. The molecule has 0 radical (unpaired) electrons. The van der Waals surface area contributed by atoms with E-state index >= 15 is 0 Å². The number of Topliss-reactive ketones (excluding diaryl/α,β-unsaturated/α-hetero) is 2. The molecule has 1 fully saturated rings. The largest absolute Gasteiger partial charge is 0.460 e. The molecule has 5 rings (SSSR count). The molecule has 1 saturated carbocycles. The second-order valence-electron chi connectivity index (χ2n) is 9.31. The van der Waals surface area contributed by atoms with Crippen LogP contribution in [0.25, 0.3) is 0 Å². The molecular formula is C23H23ClO8. The van der Waals surface area contributed by atoms with Gasteiger partial charge in [0.2, 0.25) is 5.78 Å². The van der Waals surface area contributed by atoms with Crippen LogP contribution in [0.5, 0.6) is 0 Å². The number of fused-ring (bicyclic) bond motifs is 3. The van der Waals surface area contributed by atoms with Crippen molar-refractivity contribution in [1.29, 1.82) is 0 Å². The quantitative estimate of drug-likeness (QED) is 0.496. The maximum absolute atomic E-state index is 13.7. The normalized spacial score (nSPS) is 35.2. The summed E-state index contributed by atoms with van der Waals surface area (Å²) in [4.78, 5) is 51.6. The van der Waals surface area contributed by atoms with Crippen LogP contribution < -0.4 is 0 Å². The maximum atomic E-state index is 13.7. The Balaban J connectivity index is 1.80. The number of rotatable bonds is 4. The Morgan fingerprint density at radius 1 is 1.28 bits per heavy atom. The summed E-state index contributed by atoms with van der Waals surface area (Å²) in [5.74, 6) is -2.22. The number of alkyl halides is 1. The summed E-state index contributed by atoms with van der Waals surface area (Å²) in [5, 5.41) is 0. The molecule has 1 aliphatic heterocycles. The van der Waals surface area contributed by atoms with Crippen molar-refractivity contribution in [2.24, 2.45) is 11.3 Å². The Bertz CT molecular complexity index is 1100. The van der Waals surface area contributed by atoms with Crippen molar-refractivity contribution in [2.45, 2.75) is 50.7 Å². The van der Waals surface area contributed by atoms with E-state index in [9.17, 15) is 19.2 Å². The first-order chi connectivity index (χ1) is 15.2. The Labute approximate surface area is 189 Å². The van der Waals surface area contributed by atoms with Gasteiger partial charge in [0.25, 0.3) is 0 Å². The highest BCUT2D eigenvalue weighted by atomic mass is 35.5. The van der Waals surface area contributed by atoms with Crippen LogP contribution in [0.4, 0.5) is 0 Å². The maximum Gasteiger partial charge on any atom is 0.342 e. The van der Waals surface area contributed by atoms with Crippen LogP contribution in [0, 0.1) is 11.3 Å². The highest BCUT2D eigenvalue weighted by Crippen LogP contribution is 2.61. The van der Waals surface area contributed by atoms with Gasteiger partial charge in [0.1, 0.15) is 35.7 Å². The van der Waals surface area contributed by atoms with Gasteiger partial charge in [-0.05, 0) is 18.9 Å². The lowest BCUT2D eigenvalue weighted by atomic mass is 9.54. The Morgan fingerprint density at radius 3 is 2.72 bits per heavy atom. The van der Waals surface area contributed by atoms with E-state index < -0.39 is 35.0 Å². The minimum absolute atomic E-state index is 0.0355. The number of hydrogen-bond acceptors (Lipinski definition) is 8. The van der Waals surface area contributed by atoms with Gasteiger partial charge in [0.05, 0.1) is 12.0 Å². The van der Waals surface area contributed by atoms with Crippen molar-refractivity contribution >= 4 is 35.1 Å². The Kier molecular flexibility index (Phi) is 4.70. The third kappa shape index (κ3) is 2.53. The van der Waals surface area contributed by atoms with E-state index in [-0.39, 0.29) is 47.7 Å². The smallest absolute Gasteiger partial charge is 0.342 e. The highest BCUT2D eigenvalue weighted by molar-refractivity contribution is 6.26. The van der Waals surface area contributed by atoms with E-state index in [0.29, 0.717) is 29.6 Å². The van der Waals surface area contributed by atoms with Crippen LogP contribution in [-0.4, -0.2) is 55.3 Å². The number of carbonyl (C=O) groups excluding carboxylic acids is 4. The summed E-state index contributed by atoms with van der Waals surface area (Å²) >= 11 is 5.72. The fourth-order valence-electron chi connectivity index (χ4n) is 6.27. The highest BCUT2D eigenvalue weighted by Gasteiger charge is 2.64.